The van der Waals surface area contributed by atoms with Crippen molar-refractivity contribution in [3.05, 3.63) is 42.5 Å². The lowest BCUT2D eigenvalue weighted by Gasteiger charge is -2.03. The van der Waals surface area contributed by atoms with Crippen molar-refractivity contribution in [2.75, 3.05) is 5.48 Å². The van der Waals surface area contributed by atoms with Gasteiger partial charge in [0.05, 0.1) is 16.7 Å². The van der Waals surface area contributed by atoms with Gasteiger partial charge in [0.25, 0.3) is 0 Å². The molecule has 0 aliphatic carbocycles. The zero-order valence-electron chi connectivity index (χ0n) is 8.51. The van der Waals surface area contributed by atoms with Crippen LogP contribution in [-0.2, 0) is 0 Å². The fourth-order valence-corrected chi connectivity index (χ4v) is 2.65. The predicted octanol–water partition coefficient (Wildman–Crippen LogP) is 3.23. The molecule has 1 aromatic heterocycles. The van der Waals surface area contributed by atoms with Crippen LogP contribution >= 0.6 is 9.39 Å². The molecule has 1 heterocycles. The van der Waals surface area contributed by atoms with Crippen LogP contribution in [0.15, 0.2) is 42.5 Å². The molecule has 3 rings (SSSR count). The summed E-state index contributed by atoms with van der Waals surface area (Å²) >= 11 is 0. The normalized spacial score (nSPS) is 11.1. The van der Waals surface area contributed by atoms with Crippen molar-refractivity contribution in [3.8, 4) is 0 Å². The Morgan fingerprint density at radius 3 is 2.56 bits per heavy atom. The van der Waals surface area contributed by atoms with Gasteiger partial charge in [0.15, 0.2) is 0 Å². The number of hydrogen-bond acceptors (Lipinski definition) is 2. The highest BCUT2D eigenvalue weighted by Gasteiger charge is 2.10. The molecule has 1 atom stereocenters. The largest absolute Gasteiger partial charge is 0.323 e. The highest BCUT2D eigenvalue weighted by molar-refractivity contribution is 7.15. The summed E-state index contributed by atoms with van der Waals surface area (Å²) in [6, 6.07) is 14.0. The molecule has 2 aromatic carbocycles. The average molecular weight is 230 g/mol. The Hall–Kier alpha value is -1.57. The minimum atomic E-state index is 0.712. The molecule has 3 nitrogen and oxygen atoms in total. The first-order valence-corrected chi connectivity index (χ1v) is 5.52. The Bertz CT molecular complexity index is 675. The second-order valence-electron chi connectivity index (χ2n) is 3.70. The highest BCUT2D eigenvalue weighted by Crippen LogP contribution is 2.34. The molecule has 0 aliphatic heterocycles. The van der Waals surface area contributed by atoms with Crippen molar-refractivity contribution in [3.63, 3.8) is 0 Å². The minimum Gasteiger partial charge on any atom is -0.323 e. The number of nitrogens with one attached hydrogen (secondary N) is 1. The van der Waals surface area contributed by atoms with Crippen molar-refractivity contribution >= 4 is 36.9 Å². The van der Waals surface area contributed by atoms with Gasteiger partial charge in [-0.05, 0) is 21.5 Å². The van der Waals surface area contributed by atoms with Crippen LogP contribution in [0.4, 0.5) is 5.69 Å². The molecular weight excluding hydrogens is 219 g/mol. The number of aromatic nitrogens is 1. The Morgan fingerprint density at radius 2 is 1.75 bits per heavy atom. The molecule has 3 aromatic rings. The van der Waals surface area contributed by atoms with Crippen LogP contribution in [0.5, 0.6) is 0 Å². The number of hydrogen-bond donors (Lipinski definition) is 2. The Kier molecular flexibility index (Phi) is 2.10. The van der Waals surface area contributed by atoms with Crippen LogP contribution in [0.3, 0.4) is 0 Å². The molecule has 0 radical (unpaired) electrons. The van der Waals surface area contributed by atoms with E-state index in [-0.39, 0.29) is 0 Å². The van der Waals surface area contributed by atoms with Crippen molar-refractivity contribution in [2.24, 2.45) is 0 Å². The lowest BCUT2D eigenvalue weighted by atomic mass is 10.1. The molecule has 1 unspecified atom stereocenters. The van der Waals surface area contributed by atoms with E-state index in [0.717, 1.165) is 16.4 Å². The van der Waals surface area contributed by atoms with E-state index in [0.29, 0.717) is 5.69 Å². The van der Waals surface area contributed by atoms with Crippen molar-refractivity contribution in [1.82, 2.24) is 4.34 Å². The van der Waals surface area contributed by atoms with E-state index in [4.69, 9.17) is 5.21 Å². The molecule has 0 saturated heterocycles. The lowest BCUT2D eigenvalue weighted by molar-refractivity contribution is 0.389. The zero-order valence-corrected chi connectivity index (χ0v) is 9.67. The number of para-hydroxylation sites is 2. The maximum atomic E-state index is 9.11. The Labute approximate surface area is 94.9 Å². The summed E-state index contributed by atoms with van der Waals surface area (Å²) in [6.45, 7) is 0. The quantitative estimate of drug-likeness (QED) is 0.497. The van der Waals surface area contributed by atoms with Gasteiger partial charge in [0.1, 0.15) is 0 Å². The number of nitrogens with zero attached hydrogens (tertiary/aromatic N) is 1. The third kappa shape index (κ3) is 1.16. The van der Waals surface area contributed by atoms with Crippen molar-refractivity contribution < 1.29 is 5.21 Å². The smallest absolute Gasteiger partial charge is 0.0847 e. The number of anilines is 1. The van der Waals surface area contributed by atoms with Gasteiger partial charge >= 0.3 is 0 Å². The van der Waals surface area contributed by atoms with E-state index in [1.165, 1.54) is 5.39 Å². The van der Waals surface area contributed by atoms with Gasteiger partial charge in [0.2, 0.25) is 0 Å². The summed E-state index contributed by atoms with van der Waals surface area (Å²) in [7, 11) is 2.67. The molecule has 0 spiro atoms. The van der Waals surface area contributed by atoms with E-state index < -0.39 is 0 Å². The molecule has 0 amide bonds. The maximum absolute atomic E-state index is 9.11. The first-order valence-electron chi connectivity index (χ1n) is 5.00. The van der Waals surface area contributed by atoms with Crippen LogP contribution in [0.1, 0.15) is 0 Å². The maximum Gasteiger partial charge on any atom is 0.0847 e. The van der Waals surface area contributed by atoms with Gasteiger partial charge in [0, 0.05) is 10.8 Å². The SMILES string of the molecule is ONc1cccc2c3ccccc3n(P)c12. The number of benzene rings is 2. The second kappa shape index (κ2) is 3.48. The second-order valence-corrected chi connectivity index (χ2v) is 4.22. The molecule has 0 bridgehead atoms. The average Bonchev–Trinajstić information content (AvgIpc) is 2.64. The topological polar surface area (TPSA) is 37.2 Å². The summed E-state index contributed by atoms with van der Waals surface area (Å²) < 4.78 is 2.00. The third-order valence-electron chi connectivity index (χ3n) is 2.85. The van der Waals surface area contributed by atoms with Gasteiger partial charge in [-0.25, -0.2) is 0 Å². The van der Waals surface area contributed by atoms with Gasteiger partial charge in [-0.1, -0.05) is 30.3 Å². The van der Waals surface area contributed by atoms with E-state index in [1.54, 1.807) is 0 Å². The minimum absolute atomic E-state index is 0.712. The molecule has 80 valence electrons. The molecule has 16 heavy (non-hydrogen) atoms. The fourth-order valence-electron chi connectivity index (χ4n) is 2.14. The van der Waals surface area contributed by atoms with Crippen LogP contribution < -0.4 is 5.48 Å². The summed E-state index contributed by atoms with van der Waals surface area (Å²) in [5, 5.41) is 11.4. The molecule has 4 heteroatoms. The predicted molar refractivity (Wildman–Crippen MR) is 70.0 cm³/mol. The molecule has 2 N–H and O–H groups in total. The van der Waals surface area contributed by atoms with Crippen LogP contribution in [0, 0.1) is 0 Å². The summed E-state index contributed by atoms with van der Waals surface area (Å²) in [6.07, 6.45) is 0. The zero-order chi connectivity index (χ0) is 11.1. The van der Waals surface area contributed by atoms with Gasteiger partial charge in [-0.15, -0.1) is 0 Å². The van der Waals surface area contributed by atoms with E-state index in [2.05, 4.69) is 33.1 Å². The molecule has 0 aliphatic rings. The van der Waals surface area contributed by atoms with E-state index in [9.17, 15) is 0 Å². The first kappa shape index (κ1) is 9.64. The van der Waals surface area contributed by atoms with E-state index in [1.807, 2.05) is 28.6 Å². The fraction of sp³-hybridized carbons (Fsp3) is 0. The van der Waals surface area contributed by atoms with Gasteiger partial charge in [-0.3, -0.25) is 10.7 Å². The number of rotatable bonds is 1. The standard InChI is InChI=1S/C12H11N2OP/c15-13-10-6-3-5-9-8-4-1-2-7-11(8)14(16)12(9)10/h1-7,13,15H,16H2. The first-order chi connectivity index (χ1) is 7.83. The van der Waals surface area contributed by atoms with Crippen LogP contribution in [-0.4, -0.2) is 9.54 Å². The van der Waals surface area contributed by atoms with Crippen LogP contribution in [0.25, 0.3) is 21.8 Å². The monoisotopic (exact) mass is 230 g/mol. The van der Waals surface area contributed by atoms with E-state index >= 15 is 0 Å². The third-order valence-corrected chi connectivity index (χ3v) is 3.39. The lowest BCUT2D eigenvalue weighted by Crippen LogP contribution is -1.91. The van der Waals surface area contributed by atoms with Crippen LogP contribution in [0.2, 0.25) is 0 Å². The summed E-state index contributed by atoms with van der Waals surface area (Å²) in [5.74, 6) is 0. The molecular formula is C12H11N2OP. The summed E-state index contributed by atoms with van der Waals surface area (Å²) in [4.78, 5) is 0. The highest BCUT2D eigenvalue weighted by atomic mass is 31.0. The van der Waals surface area contributed by atoms with Gasteiger partial charge in [-0.2, -0.15) is 0 Å². The molecule has 0 saturated carbocycles. The Morgan fingerprint density at radius 1 is 1.00 bits per heavy atom. The molecule has 0 fully saturated rings. The summed E-state index contributed by atoms with van der Waals surface area (Å²) in [5.41, 5.74) is 5.06. The Balaban J connectivity index is 2.61. The van der Waals surface area contributed by atoms with Crippen molar-refractivity contribution in [1.29, 1.82) is 0 Å². The number of fused-ring (bicyclic) bond motifs is 3. The van der Waals surface area contributed by atoms with Crippen molar-refractivity contribution in [2.45, 2.75) is 0 Å². The van der Waals surface area contributed by atoms with Gasteiger partial charge < -0.3 is 4.34 Å².